The standard InChI is InChI=1S/C15H23F2NO/c1-4-8-18-15(11(2)7-9-19-3)12-5-6-13(16)14(17)10-12/h5-6,10-11,15,18H,4,7-9H2,1-3H3. The quantitative estimate of drug-likeness (QED) is 0.778. The van der Waals surface area contributed by atoms with Gasteiger partial charge in [0.25, 0.3) is 0 Å². The molecule has 0 aliphatic carbocycles. The lowest BCUT2D eigenvalue weighted by Crippen LogP contribution is -2.28. The van der Waals surface area contributed by atoms with Crippen molar-refractivity contribution >= 4 is 0 Å². The summed E-state index contributed by atoms with van der Waals surface area (Å²) in [5.74, 6) is -1.31. The maximum absolute atomic E-state index is 13.3. The second-order valence-corrected chi connectivity index (χ2v) is 4.86. The molecular weight excluding hydrogens is 248 g/mol. The number of methoxy groups -OCH3 is 1. The Hall–Kier alpha value is -1.00. The summed E-state index contributed by atoms with van der Waals surface area (Å²) in [5.41, 5.74) is 0.788. The van der Waals surface area contributed by atoms with E-state index in [2.05, 4.69) is 19.2 Å². The van der Waals surface area contributed by atoms with Crippen molar-refractivity contribution in [1.29, 1.82) is 0 Å². The zero-order chi connectivity index (χ0) is 14.3. The molecule has 1 N–H and O–H groups in total. The first kappa shape index (κ1) is 16.1. The molecule has 0 fully saturated rings. The Morgan fingerprint density at radius 1 is 1.26 bits per heavy atom. The van der Waals surface area contributed by atoms with Gasteiger partial charge in [-0.2, -0.15) is 0 Å². The number of hydrogen-bond donors (Lipinski definition) is 1. The highest BCUT2D eigenvalue weighted by molar-refractivity contribution is 5.22. The van der Waals surface area contributed by atoms with Gasteiger partial charge in [-0.05, 0) is 43.0 Å². The molecule has 2 nitrogen and oxygen atoms in total. The number of hydrogen-bond acceptors (Lipinski definition) is 2. The third kappa shape index (κ3) is 4.88. The van der Waals surface area contributed by atoms with Crippen molar-refractivity contribution in [3.63, 3.8) is 0 Å². The molecule has 1 rings (SSSR count). The average Bonchev–Trinajstić information content (AvgIpc) is 2.40. The summed E-state index contributed by atoms with van der Waals surface area (Å²) in [6.45, 7) is 5.68. The Balaban J connectivity index is 2.84. The van der Waals surface area contributed by atoms with Crippen molar-refractivity contribution in [3.05, 3.63) is 35.4 Å². The highest BCUT2D eigenvalue weighted by Crippen LogP contribution is 2.26. The molecule has 0 saturated carbocycles. The van der Waals surface area contributed by atoms with E-state index in [0.29, 0.717) is 6.61 Å². The zero-order valence-corrected chi connectivity index (χ0v) is 11.9. The van der Waals surface area contributed by atoms with Crippen molar-refractivity contribution in [1.82, 2.24) is 5.32 Å². The van der Waals surface area contributed by atoms with Crippen LogP contribution in [0.2, 0.25) is 0 Å². The zero-order valence-electron chi connectivity index (χ0n) is 11.9. The fourth-order valence-corrected chi connectivity index (χ4v) is 2.12. The molecule has 0 aromatic heterocycles. The molecule has 0 aliphatic heterocycles. The lowest BCUT2D eigenvalue weighted by atomic mass is 9.92. The van der Waals surface area contributed by atoms with Crippen LogP contribution < -0.4 is 5.32 Å². The van der Waals surface area contributed by atoms with Gasteiger partial charge >= 0.3 is 0 Å². The van der Waals surface area contributed by atoms with Crippen LogP contribution in [-0.2, 0) is 4.74 Å². The van der Waals surface area contributed by atoms with E-state index in [0.717, 1.165) is 24.9 Å². The number of ether oxygens (including phenoxy) is 1. The molecule has 0 bridgehead atoms. The van der Waals surface area contributed by atoms with Gasteiger partial charge in [0.15, 0.2) is 11.6 Å². The second kappa shape index (κ2) is 8.23. The molecule has 0 amide bonds. The predicted octanol–water partition coefficient (Wildman–Crippen LogP) is 3.68. The summed E-state index contributed by atoms with van der Waals surface area (Å²) in [6.07, 6.45) is 1.87. The predicted molar refractivity (Wildman–Crippen MR) is 73.0 cm³/mol. The molecule has 2 unspecified atom stereocenters. The van der Waals surface area contributed by atoms with Gasteiger partial charge in [0, 0.05) is 19.8 Å². The number of benzene rings is 1. The molecule has 1 aromatic carbocycles. The van der Waals surface area contributed by atoms with Crippen LogP contribution in [0.3, 0.4) is 0 Å². The van der Waals surface area contributed by atoms with E-state index in [4.69, 9.17) is 4.74 Å². The van der Waals surface area contributed by atoms with Crippen LogP contribution in [-0.4, -0.2) is 20.3 Å². The normalized spacial score (nSPS) is 14.4. The van der Waals surface area contributed by atoms with E-state index in [1.165, 1.54) is 12.1 Å². The van der Waals surface area contributed by atoms with E-state index in [9.17, 15) is 8.78 Å². The first-order valence-electron chi connectivity index (χ1n) is 6.77. The number of nitrogens with one attached hydrogen (secondary N) is 1. The van der Waals surface area contributed by atoms with Gasteiger partial charge in [0.05, 0.1) is 0 Å². The van der Waals surface area contributed by atoms with Crippen LogP contribution in [0.25, 0.3) is 0 Å². The molecule has 108 valence electrons. The van der Waals surface area contributed by atoms with E-state index < -0.39 is 11.6 Å². The van der Waals surface area contributed by atoms with Crippen LogP contribution in [0.4, 0.5) is 8.78 Å². The molecular formula is C15H23F2NO. The monoisotopic (exact) mass is 271 g/mol. The Morgan fingerprint density at radius 3 is 2.58 bits per heavy atom. The third-order valence-corrected chi connectivity index (χ3v) is 3.26. The highest BCUT2D eigenvalue weighted by atomic mass is 19.2. The van der Waals surface area contributed by atoms with Gasteiger partial charge < -0.3 is 10.1 Å². The maximum atomic E-state index is 13.3. The van der Waals surface area contributed by atoms with Crippen LogP contribution in [0.5, 0.6) is 0 Å². The van der Waals surface area contributed by atoms with Gasteiger partial charge in [0.1, 0.15) is 0 Å². The molecule has 0 aliphatic rings. The Bertz CT molecular complexity index is 384. The van der Waals surface area contributed by atoms with Crippen LogP contribution >= 0.6 is 0 Å². The topological polar surface area (TPSA) is 21.3 Å². The number of rotatable bonds is 8. The molecule has 0 heterocycles. The van der Waals surface area contributed by atoms with Crippen molar-refractivity contribution < 1.29 is 13.5 Å². The summed E-state index contributed by atoms with van der Waals surface area (Å²) in [6, 6.07) is 4.14. The van der Waals surface area contributed by atoms with Crippen molar-refractivity contribution in [3.8, 4) is 0 Å². The summed E-state index contributed by atoms with van der Waals surface area (Å²) in [4.78, 5) is 0. The largest absolute Gasteiger partial charge is 0.385 e. The lowest BCUT2D eigenvalue weighted by molar-refractivity contribution is 0.170. The Morgan fingerprint density at radius 2 is 2.00 bits per heavy atom. The maximum Gasteiger partial charge on any atom is 0.159 e. The summed E-state index contributed by atoms with van der Waals surface area (Å²) in [7, 11) is 1.67. The molecule has 1 aromatic rings. The molecule has 2 atom stereocenters. The van der Waals surface area contributed by atoms with Gasteiger partial charge in [-0.1, -0.05) is 19.9 Å². The SMILES string of the molecule is CCCNC(c1ccc(F)c(F)c1)C(C)CCOC. The molecule has 4 heteroatoms. The average molecular weight is 271 g/mol. The second-order valence-electron chi connectivity index (χ2n) is 4.86. The minimum atomic E-state index is -0.803. The molecule has 0 spiro atoms. The Labute approximate surface area is 114 Å². The van der Waals surface area contributed by atoms with E-state index >= 15 is 0 Å². The first-order valence-corrected chi connectivity index (χ1v) is 6.77. The first-order chi connectivity index (χ1) is 9.10. The van der Waals surface area contributed by atoms with Gasteiger partial charge in [-0.25, -0.2) is 8.78 Å². The summed E-state index contributed by atoms with van der Waals surface area (Å²) in [5, 5.41) is 3.40. The summed E-state index contributed by atoms with van der Waals surface area (Å²) >= 11 is 0. The molecule has 0 saturated heterocycles. The van der Waals surface area contributed by atoms with Crippen molar-refractivity contribution in [2.45, 2.75) is 32.7 Å². The van der Waals surface area contributed by atoms with E-state index in [1.54, 1.807) is 13.2 Å². The van der Waals surface area contributed by atoms with Crippen LogP contribution in [0, 0.1) is 17.6 Å². The van der Waals surface area contributed by atoms with E-state index in [1.807, 2.05) is 0 Å². The van der Waals surface area contributed by atoms with Gasteiger partial charge in [-0.15, -0.1) is 0 Å². The van der Waals surface area contributed by atoms with E-state index in [-0.39, 0.29) is 12.0 Å². The minimum absolute atomic E-state index is 0.0187. The lowest BCUT2D eigenvalue weighted by Gasteiger charge is -2.25. The van der Waals surface area contributed by atoms with Crippen molar-refractivity contribution in [2.24, 2.45) is 5.92 Å². The summed E-state index contributed by atoms with van der Waals surface area (Å²) < 4.78 is 31.4. The van der Waals surface area contributed by atoms with Gasteiger partial charge in [0.2, 0.25) is 0 Å². The highest BCUT2D eigenvalue weighted by Gasteiger charge is 2.19. The number of halogens is 2. The van der Waals surface area contributed by atoms with Crippen LogP contribution in [0.15, 0.2) is 18.2 Å². The molecule has 19 heavy (non-hydrogen) atoms. The van der Waals surface area contributed by atoms with Crippen LogP contribution in [0.1, 0.15) is 38.3 Å². The molecule has 0 radical (unpaired) electrons. The fraction of sp³-hybridized carbons (Fsp3) is 0.600. The Kier molecular flexibility index (Phi) is 6.95. The smallest absolute Gasteiger partial charge is 0.159 e. The van der Waals surface area contributed by atoms with Crippen molar-refractivity contribution in [2.75, 3.05) is 20.3 Å². The minimum Gasteiger partial charge on any atom is -0.385 e. The fourth-order valence-electron chi connectivity index (χ4n) is 2.12. The van der Waals surface area contributed by atoms with Gasteiger partial charge in [-0.3, -0.25) is 0 Å². The third-order valence-electron chi connectivity index (χ3n) is 3.26.